The zero-order chi connectivity index (χ0) is 20.9. The van der Waals surface area contributed by atoms with Gasteiger partial charge in [-0.25, -0.2) is 9.59 Å². The summed E-state index contributed by atoms with van der Waals surface area (Å²) in [6, 6.07) is 6.67. The molecule has 1 aromatic carbocycles. The number of ether oxygens (including phenoxy) is 3. The maximum Gasteiger partial charge on any atom is 0.411 e. The molecule has 1 aliphatic heterocycles. The van der Waals surface area contributed by atoms with Gasteiger partial charge in [-0.1, -0.05) is 30.3 Å². The third-order valence-corrected chi connectivity index (χ3v) is 4.26. The van der Waals surface area contributed by atoms with Crippen LogP contribution in [0.25, 0.3) is 0 Å². The number of carbonyl (C=O) groups is 4. The Balaban J connectivity index is 2.23. The number of benzene rings is 1. The fraction of sp³-hybridized carbons (Fsp3) is 0.500. The molecule has 1 aromatic rings. The van der Waals surface area contributed by atoms with E-state index in [-0.39, 0.29) is 13.0 Å². The highest BCUT2D eigenvalue weighted by atomic mass is 16.6. The topological polar surface area (TPSA) is 99.2 Å². The van der Waals surface area contributed by atoms with Crippen LogP contribution in [-0.2, 0) is 35.2 Å². The molecule has 0 aromatic heterocycles. The van der Waals surface area contributed by atoms with E-state index in [1.165, 1.54) is 0 Å². The third-order valence-electron chi connectivity index (χ3n) is 4.26. The fourth-order valence-electron chi connectivity index (χ4n) is 3.07. The molecule has 3 atom stereocenters. The van der Waals surface area contributed by atoms with Crippen LogP contribution in [0.1, 0.15) is 32.8 Å². The van der Waals surface area contributed by atoms with Crippen molar-refractivity contribution in [3.05, 3.63) is 35.9 Å². The summed E-state index contributed by atoms with van der Waals surface area (Å²) in [4.78, 5) is 50.1. The molecule has 8 heteroatoms. The van der Waals surface area contributed by atoms with E-state index >= 15 is 0 Å². The second-order valence-corrected chi connectivity index (χ2v) is 7.49. The van der Waals surface area contributed by atoms with E-state index in [4.69, 9.17) is 14.2 Å². The van der Waals surface area contributed by atoms with Crippen molar-refractivity contribution in [2.45, 2.75) is 51.5 Å². The number of aldehydes is 1. The van der Waals surface area contributed by atoms with E-state index in [0.717, 1.165) is 17.6 Å². The Morgan fingerprint density at radius 3 is 2.32 bits per heavy atom. The number of hydrogen-bond acceptors (Lipinski definition) is 7. The highest BCUT2D eigenvalue weighted by Gasteiger charge is 2.53. The molecule has 0 radical (unpaired) electrons. The lowest BCUT2D eigenvalue weighted by atomic mass is 9.99. The van der Waals surface area contributed by atoms with Crippen molar-refractivity contribution in [2.75, 3.05) is 7.11 Å². The molecule has 152 valence electrons. The average molecular weight is 391 g/mol. The van der Waals surface area contributed by atoms with Crippen molar-refractivity contribution in [1.29, 1.82) is 0 Å². The van der Waals surface area contributed by atoms with Gasteiger partial charge in [-0.05, 0) is 32.8 Å². The molecule has 0 N–H and O–H groups in total. The van der Waals surface area contributed by atoms with Gasteiger partial charge in [0, 0.05) is 0 Å². The SMILES string of the molecule is COC(=O)[C@@H]1[C@@H](C(=O)OC(C)(C)C)CC(C=O)N1C(=O)OCc1ccccc1. The quantitative estimate of drug-likeness (QED) is 0.430. The van der Waals surface area contributed by atoms with E-state index in [2.05, 4.69) is 0 Å². The summed E-state index contributed by atoms with van der Waals surface area (Å²) in [5.41, 5.74) is -0.0358. The van der Waals surface area contributed by atoms with Crippen LogP contribution in [0.4, 0.5) is 4.79 Å². The number of methoxy groups -OCH3 is 1. The number of likely N-dealkylation sites (tertiary alicyclic amines) is 1. The van der Waals surface area contributed by atoms with Gasteiger partial charge in [0.1, 0.15) is 24.5 Å². The first-order valence-corrected chi connectivity index (χ1v) is 8.93. The number of esters is 2. The largest absolute Gasteiger partial charge is 0.467 e. The van der Waals surface area contributed by atoms with Crippen LogP contribution in [0.15, 0.2) is 30.3 Å². The maximum atomic E-state index is 12.7. The molecule has 2 rings (SSSR count). The van der Waals surface area contributed by atoms with Gasteiger partial charge in [-0.3, -0.25) is 9.69 Å². The molecular weight excluding hydrogens is 366 g/mol. The predicted molar refractivity (Wildman–Crippen MR) is 98.1 cm³/mol. The van der Waals surface area contributed by atoms with Gasteiger partial charge in [0.15, 0.2) is 0 Å². The van der Waals surface area contributed by atoms with Crippen molar-refractivity contribution < 1.29 is 33.4 Å². The summed E-state index contributed by atoms with van der Waals surface area (Å²) >= 11 is 0. The second-order valence-electron chi connectivity index (χ2n) is 7.49. The van der Waals surface area contributed by atoms with Gasteiger partial charge in [0.05, 0.1) is 19.1 Å². The molecule has 1 aliphatic rings. The lowest BCUT2D eigenvalue weighted by molar-refractivity contribution is -0.165. The van der Waals surface area contributed by atoms with Gasteiger partial charge in [0.2, 0.25) is 0 Å². The van der Waals surface area contributed by atoms with Gasteiger partial charge < -0.3 is 19.0 Å². The number of nitrogens with zero attached hydrogens (tertiary/aromatic N) is 1. The minimum absolute atomic E-state index is 0.0350. The maximum absolute atomic E-state index is 12.7. The van der Waals surface area contributed by atoms with Crippen molar-refractivity contribution >= 4 is 24.3 Å². The number of hydrogen-bond donors (Lipinski definition) is 0. The zero-order valence-electron chi connectivity index (χ0n) is 16.4. The van der Waals surface area contributed by atoms with Crippen LogP contribution in [0.3, 0.4) is 0 Å². The monoisotopic (exact) mass is 391 g/mol. The molecule has 1 unspecified atom stereocenters. The van der Waals surface area contributed by atoms with Crippen molar-refractivity contribution in [3.8, 4) is 0 Å². The van der Waals surface area contributed by atoms with E-state index in [9.17, 15) is 19.2 Å². The molecule has 8 nitrogen and oxygen atoms in total. The molecule has 1 fully saturated rings. The van der Waals surface area contributed by atoms with Crippen molar-refractivity contribution in [2.24, 2.45) is 5.92 Å². The normalized spacial score (nSPS) is 21.7. The fourth-order valence-corrected chi connectivity index (χ4v) is 3.07. The smallest absolute Gasteiger partial charge is 0.411 e. The van der Waals surface area contributed by atoms with Gasteiger partial charge in [0.25, 0.3) is 0 Å². The second kappa shape index (κ2) is 8.86. The standard InChI is InChI=1S/C20H25NO7/c1-20(2,3)28-17(23)15-10-14(11-22)21(16(15)18(24)26-4)19(25)27-12-13-8-6-5-7-9-13/h5-9,11,14-16H,10,12H2,1-4H3/t14?,15-,16-/m0/s1. The Bertz CT molecular complexity index is 726. The summed E-state index contributed by atoms with van der Waals surface area (Å²) < 4.78 is 15.4. The molecular formula is C20H25NO7. The highest BCUT2D eigenvalue weighted by Crippen LogP contribution is 2.33. The summed E-state index contributed by atoms with van der Waals surface area (Å²) in [6.07, 6.45) is -0.398. The molecule has 28 heavy (non-hydrogen) atoms. The van der Waals surface area contributed by atoms with Crippen LogP contribution in [0, 0.1) is 5.92 Å². The van der Waals surface area contributed by atoms with Crippen LogP contribution >= 0.6 is 0 Å². The van der Waals surface area contributed by atoms with E-state index in [0.29, 0.717) is 6.29 Å². The van der Waals surface area contributed by atoms with Gasteiger partial charge in [-0.2, -0.15) is 0 Å². The molecule has 0 saturated carbocycles. The summed E-state index contributed by atoms with van der Waals surface area (Å²) in [5, 5.41) is 0. The molecule has 1 heterocycles. The first-order valence-electron chi connectivity index (χ1n) is 8.93. The van der Waals surface area contributed by atoms with Crippen LogP contribution in [-0.4, -0.2) is 54.0 Å². The minimum Gasteiger partial charge on any atom is -0.467 e. The summed E-state index contributed by atoms with van der Waals surface area (Å²) in [7, 11) is 1.15. The van der Waals surface area contributed by atoms with E-state index < -0.39 is 41.6 Å². The summed E-state index contributed by atoms with van der Waals surface area (Å²) in [5.74, 6) is -2.50. The predicted octanol–water partition coefficient (Wildman–Crippen LogP) is 2.10. The molecule has 0 spiro atoms. The minimum atomic E-state index is -1.29. The third kappa shape index (κ3) is 5.09. The summed E-state index contributed by atoms with van der Waals surface area (Å²) in [6.45, 7) is 5.04. The average Bonchev–Trinajstić information content (AvgIpc) is 3.05. The van der Waals surface area contributed by atoms with E-state index in [1.807, 2.05) is 6.07 Å². The van der Waals surface area contributed by atoms with Crippen LogP contribution in [0.5, 0.6) is 0 Å². The first-order chi connectivity index (χ1) is 13.2. The van der Waals surface area contributed by atoms with Crippen molar-refractivity contribution in [1.82, 2.24) is 4.90 Å². The van der Waals surface area contributed by atoms with Gasteiger partial charge >= 0.3 is 18.0 Å². The van der Waals surface area contributed by atoms with E-state index in [1.54, 1.807) is 45.0 Å². The highest BCUT2D eigenvalue weighted by molar-refractivity contribution is 5.91. The molecule has 1 amide bonds. The Labute approximate surface area is 163 Å². The zero-order valence-corrected chi connectivity index (χ0v) is 16.4. The van der Waals surface area contributed by atoms with Gasteiger partial charge in [-0.15, -0.1) is 0 Å². The molecule has 0 aliphatic carbocycles. The Kier molecular flexibility index (Phi) is 6.77. The van der Waals surface area contributed by atoms with Crippen molar-refractivity contribution in [3.63, 3.8) is 0 Å². The lowest BCUT2D eigenvalue weighted by Gasteiger charge is -2.28. The Hall–Kier alpha value is -2.90. The number of rotatable bonds is 5. The van der Waals surface area contributed by atoms with Crippen LogP contribution in [0.2, 0.25) is 0 Å². The number of amides is 1. The first kappa shape index (κ1) is 21.4. The van der Waals surface area contributed by atoms with Crippen LogP contribution < -0.4 is 0 Å². The number of carbonyl (C=O) groups excluding carboxylic acids is 4. The molecule has 1 saturated heterocycles. The Morgan fingerprint density at radius 1 is 1.14 bits per heavy atom. The lowest BCUT2D eigenvalue weighted by Crippen LogP contribution is -2.49. The molecule has 0 bridgehead atoms. The Morgan fingerprint density at radius 2 is 1.79 bits per heavy atom.